The Kier molecular flexibility index (Phi) is 2.64. The van der Waals surface area contributed by atoms with Gasteiger partial charge >= 0.3 is 0 Å². The maximum atomic E-state index is 5.08. The Bertz CT molecular complexity index is 464. The average Bonchev–Trinajstić information content (AvgIpc) is 2.60. The molecule has 0 aliphatic carbocycles. The van der Waals surface area contributed by atoms with Gasteiger partial charge < -0.3 is 9.30 Å². The lowest BCUT2D eigenvalue weighted by Crippen LogP contribution is -1.93. The molecule has 78 valence electrons. The SMILES string of the molecule is COc1ccc(-c2nnc(S)n2C)cc1. The van der Waals surface area contributed by atoms with Gasteiger partial charge in [0.2, 0.25) is 0 Å². The number of hydrogen-bond acceptors (Lipinski definition) is 4. The Labute approximate surface area is 93.3 Å². The van der Waals surface area contributed by atoms with Crippen molar-refractivity contribution in [3.63, 3.8) is 0 Å². The third-order valence-electron chi connectivity index (χ3n) is 2.20. The fourth-order valence-corrected chi connectivity index (χ4v) is 1.45. The summed E-state index contributed by atoms with van der Waals surface area (Å²) in [5.41, 5.74) is 0.992. The number of benzene rings is 1. The van der Waals surface area contributed by atoms with Gasteiger partial charge in [-0.2, -0.15) is 0 Å². The lowest BCUT2D eigenvalue weighted by molar-refractivity contribution is 0.415. The first-order valence-electron chi connectivity index (χ1n) is 4.45. The van der Waals surface area contributed by atoms with Crippen molar-refractivity contribution in [2.45, 2.75) is 5.16 Å². The minimum Gasteiger partial charge on any atom is -0.497 e. The van der Waals surface area contributed by atoms with Crippen LogP contribution in [0.15, 0.2) is 29.4 Å². The van der Waals surface area contributed by atoms with Crippen LogP contribution in [0.25, 0.3) is 11.4 Å². The van der Waals surface area contributed by atoms with Gasteiger partial charge in [0.05, 0.1) is 7.11 Å². The molecule has 1 aromatic heterocycles. The van der Waals surface area contributed by atoms with Crippen molar-refractivity contribution < 1.29 is 4.74 Å². The molecule has 0 saturated carbocycles. The van der Waals surface area contributed by atoms with E-state index >= 15 is 0 Å². The van der Waals surface area contributed by atoms with Crippen LogP contribution in [0.1, 0.15) is 0 Å². The summed E-state index contributed by atoms with van der Waals surface area (Å²) in [7, 11) is 3.52. The van der Waals surface area contributed by atoms with Crippen LogP contribution in [-0.2, 0) is 7.05 Å². The predicted octanol–water partition coefficient (Wildman–Crippen LogP) is 1.78. The van der Waals surface area contributed by atoms with Gasteiger partial charge in [0.15, 0.2) is 11.0 Å². The van der Waals surface area contributed by atoms with Gasteiger partial charge in [-0.25, -0.2) is 0 Å². The highest BCUT2D eigenvalue weighted by Crippen LogP contribution is 2.21. The van der Waals surface area contributed by atoms with Crippen molar-refractivity contribution in [2.75, 3.05) is 7.11 Å². The molecule has 0 spiro atoms. The molecule has 0 unspecified atom stereocenters. The van der Waals surface area contributed by atoms with E-state index in [0.717, 1.165) is 17.1 Å². The van der Waals surface area contributed by atoms with Crippen molar-refractivity contribution in [3.05, 3.63) is 24.3 Å². The highest BCUT2D eigenvalue weighted by Gasteiger charge is 2.07. The number of methoxy groups -OCH3 is 1. The van der Waals surface area contributed by atoms with Crippen LogP contribution in [-0.4, -0.2) is 21.9 Å². The van der Waals surface area contributed by atoms with E-state index in [1.54, 1.807) is 7.11 Å². The fourth-order valence-electron chi connectivity index (χ4n) is 1.31. The fraction of sp³-hybridized carbons (Fsp3) is 0.200. The third-order valence-corrected chi connectivity index (χ3v) is 2.59. The molecule has 4 nitrogen and oxygen atoms in total. The molecule has 0 aliphatic heterocycles. The molecule has 0 fully saturated rings. The quantitative estimate of drug-likeness (QED) is 0.786. The second kappa shape index (κ2) is 3.94. The highest BCUT2D eigenvalue weighted by atomic mass is 32.1. The van der Waals surface area contributed by atoms with Crippen molar-refractivity contribution in [1.82, 2.24) is 14.8 Å². The standard InChI is InChI=1S/C10H11N3OS/c1-13-9(11-12-10(13)15)7-3-5-8(14-2)6-4-7/h3-6H,1-2H3,(H,12,15). The van der Waals surface area contributed by atoms with E-state index in [1.807, 2.05) is 35.9 Å². The van der Waals surface area contributed by atoms with Crippen LogP contribution in [0.3, 0.4) is 0 Å². The van der Waals surface area contributed by atoms with Gasteiger partial charge in [0.1, 0.15) is 5.75 Å². The van der Waals surface area contributed by atoms with E-state index in [1.165, 1.54) is 0 Å². The number of hydrogen-bond donors (Lipinski definition) is 1. The summed E-state index contributed by atoms with van der Waals surface area (Å²) in [5.74, 6) is 1.62. The Hall–Kier alpha value is -1.49. The molecule has 0 bridgehead atoms. The summed E-state index contributed by atoms with van der Waals surface area (Å²) in [6.07, 6.45) is 0. The van der Waals surface area contributed by atoms with Crippen molar-refractivity contribution >= 4 is 12.6 Å². The summed E-state index contributed by atoms with van der Waals surface area (Å²) in [6.45, 7) is 0. The Morgan fingerprint density at radius 3 is 2.33 bits per heavy atom. The van der Waals surface area contributed by atoms with Gasteiger partial charge in [0.25, 0.3) is 0 Å². The molecular formula is C10H11N3OS. The average molecular weight is 221 g/mol. The van der Waals surface area contributed by atoms with Crippen LogP contribution < -0.4 is 4.74 Å². The van der Waals surface area contributed by atoms with E-state index in [2.05, 4.69) is 22.8 Å². The topological polar surface area (TPSA) is 39.9 Å². The summed E-state index contributed by atoms with van der Waals surface area (Å²) >= 11 is 4.17. The minimum absolute atomic E-state index is 0.598. The van der Waals surface area contributed by atoms with Crippen LogP contribution in [0.2, 0.25) is 0 Å². The van der Waals surface area contributed by atoms with Gasteiger partial charge in [0, 0.05) is 12.6 Å². The smallest absolute Gasteiger partial charge is 0.188 e. The molecule has 0 atom stereocenters. The second-order valence-electron chi connectivity index (χ2n) is 3.11. The summed E-state index contributed by atoms with van der Waals surface area (Å²) < 4.78 is 6.91. The molecule has 2 aromatic rings. The van der Waals surface area contributed by atoms with E-state index in [4.69, 9.17) is 4.74 Å². The monoisotopic (exact) mass is 221 g/mol. The van der Waals surface area contributed by atoms with Gasteiger partial charge in [-0.15, -0.1) is 22.8 Å². The molecule has 1 heterocycles. The molecule has 0 saturated heterocycles. The van der Waals surface area contributed by atoms with Crippen LogP contribution in [0, 0.1) is 0 Å². The van der Waals surface area contributed by atoms with Crippen molar-refractivity contribution in [2.24, 2.45) is 7.05 Å². The zero-order valence-corrected chi connectivity index (χ0v) is 9.40. The maximum Gasteiger partial charge on any atom is 0.188 e. The van der Waals surface area contributed by atoms with Crippen LogP contribution in [0.4, 0.5) is 0 Å². The number of rotatable bonds is 2. The number of thiol groups is 1. The van der Waals surface area contributed by atoms with Gasteiger partial charge in [-0.1, -0.05) is 0 Å². The summed E-state index contributed by atoms with van der Waals surface area (Å²) in [6, 6.07) is 7.66. The molecule has 0 amide bonds. The molecule has 2 rings (SSSR count). The second-order valence-corrected chi connectivity index (χ2v) is 3.51. The lowest BCUT2D eigenvalue weighted by Gasteiger charge is -2.02. The Morgan fingerprint density at radius 1 is 1.20 bits per heavy atom. The lowest BCUT2D eigenvalue weighted by atomic mass is 10.2. The summed E-state index contributed by atoms with van der Waals surface area (Å²) in [5, 5.41) is 8.52. The molecule has 0 radical (unpaired) electrons. The molecule has 0 aliphatic rings. The Morgan fingerprint density at radius 2 is 1.87 bits per heavy atom. The number of ether oxygens (including phenoxy) is 1. The third kappa shape index (κ3) is 1.83. The van der Waals surface area contributed by atoms with Gasteiger partial charge in [-0.3, -0.25) is 0 Å². The Balaban J connectivity index is 2.41. The first-order chi connectivity index (χ1) is 7.22. The largest absolute Gasteiger partial charge is 0.497 e. The zero-order chi connectivity index (χ0) is 10.8. The first kappa shape index (κ1) is 10.0. The normalized spacial score (nSPS) is 10.3. The molecule has 15 heavy (non-hydrogen) atoms. The van der Waals surface area contributed by atoms with Crippen LogP contribution in [0.5, 0.6) is 5.75 Å². The molecule has 0 N–H and O–H groups in total. The van der Waals surface area contributed by atoms with Crippen LogP contribution >= 0.6 is 12.6 Å². The maximum absolute atomic E-state index is 5.08. The van der Waals surface area contributed by atoms with E-state index in [-0.39, 0.29) is 0 Å². The number of aromatic nitrogens is 3. The predicted molar refractivity (Wildman–Crippen MR) is 60.2 cm³/mol. The van der Waals surface area contributed by atoms with Gasteiger partial charge in [-0.05, 0) is 24.3 Å². The van der Waals surface area contributed by atoms with Crippen molar-refractivity contribution in [3.8, 4) is 17.1 Å². The molecular weight excluding hydrogens is 210 g/mol. The van der Waals surface area contributed by atoms with Crippen molar-refractivity contribution in [1.29, 1.82) is 0 Å². The number of nitrogens with zero attached hydrogens (tertiary/aromatic N) is 3. The highest BCUT2D eigenvalue weighted by molar-refractivity contribution is 7.80. The van der Waals surface area contributed by atoms with E-state index in [0.29, 0.717) is 5.16 Å². The minimum atomic E-state index is 0.598. The first-order valence-corrected chi connectivity index (χ1v) is 4.90. The summed E-state index contributed by atoms with van der Waals surface area (Å²) in [4.78, 5) is 0. The molecule has 5 heteroatoms. The zero-order valence-electron chi connectivity index (χ0n) is 8.51. The van der Waals surface area contributed by atoms with E-state index in [9.17, 15) is 0 Å². The molecule has 1 aromatic carbocycles. The van der Waals surface area contributed by atoms with E-state index < -0.39 is 0 Å².